The number of carbonyl (C=O) groups is 1. The van der Waals surface area contributed by atoms with E-state index in [2.05, 4.69) is 12.2 Å². The van der Waals surface area contributed by atoms with E-state index in [0.717, 1.165) is 5.56 Å². The Morgan fingerprint density at radius 1 is 1.41 bits per heavy atom. The number of carbonyl (C=O) groups excluding carboxylic acids is 1. The Hall–Kier alpha value is -1.35. The Balaban J connectivity index is 1.81. The van der Waals surface area contributed by atoms with E-state index in [0.29, 0.717) is 18.4 Å². The van der Waals surface area contributed by atoms with Gasteiger partial charge in [0.15, 0.2) is 0 Å². The van der Waals surface area contributed by atoms with E-state index < -0.39 is 0 Å². The second-order valence-electron chi connectivity index (χ2n) is 4.91. The van der Waals surface area contributed by atoms with E-state index in [-0.39, 0.29) is 11.9 Å². The summed E-state index contributed by atoms with van der Waals surface area (Å²) in [5.41, 5.74) is 7.02. The van der Waals surface area contributed by atoms with Gasteiger partial charge in [-0.1, -0.05) is 30.3 Å². The number of hydrogen-bond donors (Lipinski definition) is 2. The van der Waals surface area contributed by atoms with Crippen molar-refractivity contribution in [1.82, 2.24) is 5.32 Å². The molecule has 2 atom stereocenters. The van der Waals surface area contributed by atoms with Crippen LogP contribution in [-0.4, -0.2) is 11.9 Å². The van der Waals surface area contributed by atoms with Crippen LogP contribution in [0.3, 0.4) is 0 Å². The molecule has 92 valence electrons. The smallest absolute Gasteiger partial charge is 0.222 e. The molecule has 2 rings (SSSR count). The van der Waals surface area contributed by atoms with Crippen LogP contribution < -0.4 is 11.1 Å². The van der Waals surface area contributed by atoms with Crippen LogP contribution in [0.5, 0.6) is 0 Å². The zero-order valence-electron chi connectivity index (χ0n) is 10.2. The van der Waals surface area contributed by atoms with Crippen LogP contribution in [0.15, 0.2) is 30.3 Å². The fraction of sp³-hybridized carbons (Fsp3) is 0.500. The Labute approximate surface area is 102 Å². The van der Waals surface area contributed by atoms with E-state index in [4.69, 9.17) is 5.73 Å². The van der Waals surface area contributed by atoms with Crippen molar-refractivity contribution in [2.24, 2.45) is 11.7 Å². The first-order valence-corrected chi connectivity index (χ1v) is 6.26. The lowest BCUT2D eigenvalue weighted by Gasteiger charge is -2.16. The third-order valence-electron chi connectivity index (χ3n) is 3.35. The quantitative estimate of drug-likeness (QED) is 0.815. The molecule has 3 N–H and O–H groups in total. The molecule has 1 aromatic rings. The molecule has 1 aliphatic carbocycles. The molecule has 0 heterocycles. The van der Waals surface area contributed by atoms with E-state index >= 15 is 0 Å². The average Bonchev–Trinajstić information content (AvgIpc) is 3.13. The molecule has 0 radical (unpaired) electrons. The maximum absolute atomic E-state index is 11.8. The first kappa shape index (κ1) is 12.1. The van der Waals surface area contributed by atoms with E-state index in [9.17, 15) is 4.79 Å². The van der Waals surface area contributed by atoms with Crippen molar-refractivity contribution in [3.05, 3.63) is 35.9 Å². The lowest BCUT2D eigenvalue weighted by molar-refractivity contribution is -0.122. The maximum Gasteiger partial charge on any atom is 0.222 e. The van der Waals surface area contributed by atoms with Crippen LogP contribution in [0.1, 0.15) is 37.8 Å². The molecular formula is C14H20N2O. The second kappa shape index (κ2) is 5.32. The van der Waals surface area contributed by atoms with Gasteiger partial charge in [0.05, 0.1) is 0 Å². The molecule has 1 aromatic carbocycles. The molecule has 3 nitrogen and oxygen atoms in total. The molecule has 0 bridgehead atoms. The SMILES string of the molecule is CC(NC(=O)CC(N)c1ccccc1)C1CC1. The van der Waals surface area contributed by atoms with Crippen molar-refractivity contribution in [3.63, 3.8) is 0 Å². The lowest BCUT2D eigenvalue weighted by atomic mass is 10.0. The van der Waals surface area contributed by atoms with Gasteiger partial charge < -0.3 is 11.1 Å². The topological polar surface area (TPSA) is 55.1 Å². The number of amides is 1. The third-order valence-corrected chi connectivity index (χ3v) is 3.35. The number of benzene rings is 1. The van der Waals surface area contributed by atoms with Crippen molar-refractivity contribution in [2.45, 2.75) is 38.3 Å². The molecule has 0 aliphatic heterocycles. The Bertz CT molecular complexity index is 373. The van der Waals surface area contributed by atoms with Crippen molar-refractivity contribution in [3.8, 4) is 0 Å². The summed E-state index contributed by atoms with van der Waals surface area (Å²) in [6, 6.07) is 9.85. The minimum atomic E-state index is -0.206. The standard InChI is InChI=1S/C14H20N2O/c1-10(11-7-8-11)16-14(17)9-13(15)12-5-3-2-4-6-12/h2-6,10-11,13H,7-9,15H2,1H3,(H,16,17). The van der Waals surface area contributed by atoms with E-state index in [1.807, 2.05) is 30.3 Å². The highest BCUT2D eigenvalue weighted by Gasteiger charge is 2.29. The zero-order valence-corrected chi connectivity index (χ0v) is 10.2. The Morgan fingerprint density at radius 3 is 2.65 bits per heavy atom. The van der Waals surface area contributed by atoms with Gasteiger partial charge >= 0.3 is 0 Å². The molecular weight excluding hydrogens is 212 g/mol. The summed E-state index contributed by atoms with van der Waals surface area (Å²) >= 11 is 0. The van der Waals surface area contributed by atoms with Gasteiger partial charge in [0, 0.05) is 18.5 Å². The first-order chi connectivity index (χ1) is 8.16. The van der Waals surface area contributed by atoms with Gasteiger partial charge in [-0.15, -0.1) is 0 Å². The van der Waals surface area contributed by atoms with Crippen LogP contribution in [0.2, 0.25) is 0 Å². The zero-order chi connectivity index (χ0) is 12.3. The van der Waals surface area contributed by atoms with Crippen molar-refractivity contribution >= 4 is 5.91 Å². The number of nitrogens with two attached hydrogens (primary N) is 1. The number of hydrogen-bond acceptors (Lipinski definition) is 2. The highest BCUT2D eigenvalue weighted by atomic mass is 16.1. The normalized spacial score (nSPS) is 18.5. The summed E-state index contributed by atoms with van der Waals surface area (Å²) in [6.07, 6.45) is 2.85. The van der Waals surface area contributed by atoms with Crippen molar-refractivity contribution in [1.29, 1.82) is 0 Å². The monoisotopic (exact) mass is 232 g/mol. The van der Waals surface area contributed by atoms with Gasteiger partial charge in [0.25, 0.3) is 0 Å². The van der Waals surface area contributed by atoms with Gasteiger partial charge in [0.1, 0.15) is 0 Å². The molecule has 17 heavy (non-hydrogen) atoms. The Kier molecular flexibility index (Phi) is 3.79. The minimum Gasteiger partial charge on any atom is -0.353 e. The molecule has 1 amide bonds. The summed E-state index contributed by atoms with van der Waals surface area (Å²) in [7, 11) is 0. The van der Waals surface area contributed by atoms with Crippen LogP contribution >= 0.6 is 0 Å². The summed E-state index contributed by atoms with van der Waals surface area (Å²) in [4.78, 5) is 11.8. The van der Waals surface area contributed by atoms with Gasteiger partial charge in [-0.2, -0.15) is 0 Å². The molecule has 2 unspecified atom stereocenters. The molecule has 1 aliphatic rings. The Morgan fingerprint density at radius 2 is 2.06 bits per heavy atom. The van der Waals surface area contributed by atoms with Gasteiger partial charge in [-0.05, 0) is 31.2 Å². The fourth-order valence-electron chi connectivity index (χ4n) is 2.04. The number of rotatable bonds is 5. The number of nitrogens with one attached hydrogen (secondary N) is 1. The predicted octanol–water partition coefficient (Wildman–Crippen LogP) is 1.99. The second-order valence-corrected chi connectivity index (χ2v) is 4.91. The fourth-order valence-corrected chi connectivity index (χ4v) is 2.04. The van der Waals surface area contributed by atoms with Gasteiger partial charge in [0.2, 0.25) is 5.91 Å². The maximum atomic E-state index is 11.8. The lowest BCUT2D eigenvalue weighted by Crippen LogP contribution is -2.35. The molecule has 1 saturated carbocycles. The molecule has 0 saturated heterocycles. The molecule has 0 spiro atoms. The summed E-state index contributed by atoms with van der Waals surface area (Å²) in [5, 5.41) is 3.02. The molecule has 0 aromatic heterocycles. The predicted molar refractivity (Wildman–Crippen MR) is 68.3 cm³/mol. The molecule has 3 heteroatoms. The van der Waals surface area contributed by atoms with Gasteiger partial charge in [-0.3, -0.25) is 4.79 Å². The average molecular weight is 232 g/mol. The van der Waals surface area contributed by atoms with E-state index in [1.165, 1.54) is 12.8 Å². The largest absolute Gasteiger partial charge is 0.353 e. The van der Waals surface area contributed by atoms with Gasteiger partial charge in [-0.25, -0.2) is 0 Å². The van der Waals surface area contributed by atoms with Crippen molar-refractivity contribution < 1.29 is 4.79 Å². The molecule has 1 fully saturated rings. The highest BCUT2D eigenvalue weighted by Crippen LogP contribution is 2.32. The van der Waals surface area contributed by atoms with Crippen molar-refractivity contribution in [2.75, 3.05) is 0 Å². The van der Waals surface area contributed by atoms with Crippen LogP contribution in [0.25, 0.3) is 0 Å². The van der Waals surface area contributed by atoms with E-state index in [1.54, 1.807) is 0 Å². The summed E-state index contributed by atoms with van der Waals surface area (Å²) in [6.45, 7) is 2.07. The van der Waals surface area contributed by atoms with Crippen LogP contribution in [0.4, 0.5) is 0 Å². The van der Waals surface area contributed by atoms with Crippen LogP contribution in [-0.2, 0) is 4.79 Å². The van der Waals surface area contributed by atoms with Crippen LogP contribution in [0, 0.1) is 5.92 Å². The summed E-state index contributed by atoms with van der Waals surface area (Å²) < 4.78 is 0. The highest BCUT2D eigenvalue weighted by molar-refractivity contribution is 5.77. The third kappa shape index (κ3) is 3.56. The first-order valence-electron chi connectivity index (χ1n) is 6.26. The summed E-state index contributed by atoms with van der Waals surface area (Å²) in [5.74, 6) is 0.743. The minimum absolute atomic E-state index is 0.0563.